The Morgan fingerprint density at radius 2 is 1.42 bits per heavy atom. The molecule has 2 aliphatic heterocycles. The summed E-state index contributed by atoms with van der Waals surface area (Å²) in [6.07, 6.45) is 0. The summed E-state index contributed by atoms with van der Waals surface area (Å²) < 4.78 is 16.3. The number of rotatable bonds is 10. The van der Waals surface area contributed by atoms with Crippen molar-refractivity contribution in [3.8, 4) is 11.5 Å². The molecule has 0 saturated carbocycles. The van der Waals surface area contributed by atoms with Crippen molar-refractivity contribution in [3.63, 3.8) is 0 Å². The number of piperazine rings is 1. The van der Waals surface area contributed by atoms with Gasteiger partial charge in [-0.3, -0.25) is 9.69 Å². The molecule has 11 nitrogen and oxygen atoms in total. The van der Waals surface area contributed by atoms with Gasteiger partial charge in [-0.15, -0.1) is 0 Å². The van der Waals surface area contributed by atoms with Gasteiger partial charge in [0.15, 0.2) is 0 Å². The highest BCUT2D eigenvalue weighted by Gasteiger charge is 2.24. The van der Waals surface area contributed by atoms with Crippen molar-refractivity contribution in [1.82, 2.24) is 10.2 Å². The quantitative estimate of drug-likeness (QED) is 0.329. The van der Waals surface area contributed by atoms with Crippen molar-refractivity contribution in [3.05, 3.63) is 72.3 Å². The summed E-state index contributed by atoms with van der Waals surface area (Å²) in [6, 6.07) is 20.3. The smallest absolute Gasteiger partial charge is 0.323 e. The van der Waals surface area contributed by atoms with Crippen molar-refractivity contribution in [2.24, 2.45) is 0 Å². The second-order valence-electron chi connectivity index (χ2n) is 10.4. The van der Waals surface area contributed by atoms with Gasteiger partial charge in [-0.2, -0.15) is 0 Å². The summed E-state index contributed by atoms with van der Waals surface area (Å²) in [5.74, 6) is 1.22. The highest BCUT2D eigenvalue weighted by atomic mass is 16.5. The number of methoxy groups -OCH3 is 2. The third-order valence-electron chi connectivity index (χ3n) is 7.72. The lowest BCUT2D eigenvalue weighted by molar-refractivity contribution is 0.0383. The van der Waals surface area contributed by atoms with Crippen LogP contribution in [-0.4, -0.2) is 96.6 Å². The normalized spacial score (nSPS) is 15.5. The van der Waals surface area contributed by atoms with E-state index in [1.807, 2.05) is 42.5 Å². The second kappa shape index (κ2) is 14.6. The Labute approximate surface area is 252 Å². The number of hydrogen-bond acceptors (Lipinski definition) is 8. The van der Waals surface area contributed by atoms with Gasteiger partial charge in [-0.1, -0.05) is 24.3 Å². The van der Waals surface area contributed by atoms with E-state index >= 15 is 0 Å². The zero-order valence-electron chi connectivity index (χ0n) is 24.8. The lowest BCUT2D eigenvalue weighted by Gasteiger charge is -2.38. The van der Waals surface area contributed by atoms with Gasteiger partial charge in [0.25, 0.3) is 5.91 Å². The first-order valence-corrected chi connectivity index (χ1v) is 14.6. The van der Waals surface area contributed by atoms with Crippen LogP contribution in [0, 0.1) is 0 Å². The number of urea groups is 1. The first kappa shape index (κ1) is 30.0. The van der Waals surface area contributed by atoms with Crippen LogP contribution in [0.4, 0.5) is 27.5 Å². The molecule has 0 aliphatic carbocycles. The van der Waals surface area contributed by atoms with Gasteiger partial charge in [0.1, 0.15) is 11.5 Å². The van der Waals surface area contributed by atoms with Crippen molar-refractivity contribution < 1.29 is 23.8 Å². The third-order valence-corrected chi connectivity index (χ3v) is 7.72. The summed E-state index contributed by atoms with van der Waals surface area (Å²) in [7, 11) is 3.24. The van der Waals surface area contributed by atoms with E-state index < -0.39 is 6.03 Å². The Morgan fingerprint density at radius 3 is 2.14 bits per heavy atom. The number of nitrogens with zero attached hydrogens (tertiary/aromatic N) is 3. The molecule has 0 aromatic heterocycles. The number of benzene rings is 3. The first-order valence-electron chi connectivity index (χ1n) is 14.6. The Balaban J connectivity index is 1.30. The highest BCUT2D eigenvalue weighted by molar-refractivity contribution is 6.04. The van der Waals surface area contributed by atoms with Crippen LogP contribution in [0.2, 0.25) is 0 Å². The number of para-hydroxylation sites is 4. The van der Waals surface area contributed by atoms with Crippen LogP contribution in [0.25, 0.3) is 0 Å². The average Bonchev–Trinajstić information content (AvgIpc) is 3.05. The maximum Gasteiger partial charge on any atom is 0.323 e. The topological polar surface area (TPSA) is 108 Å². The van der Waals surface area contributed by atoms with E-state index in [0.29, 0.717) is 42.4 Å². The molecule has 3 N–H and O–H groups in total. The number of carbonyl (C=O) groups is 2. The van der Waals surface area contributed by atoms with Gasteiger partial charge in [0.2, 0.25) is 0 Å². The summed E-state index contributed by atoms with van der Waals surface area (Å²) in [6.45, 7) is 7.43. The summed E-state index contributed by atoms with van der Waals surface area (Å²) >= 11 is 0. The fourth-order valence-corrected chi connectivity index (χ4v) is 5.43. The Hall–Kier alpha value is -4.48. The molecular weight excluding hydrogens is 548 g/mol. The minimum atomic E-state index is -0.429. The Bertz CT molecular complexity index is 1390. The number of morpholine rings is 1. The Morgan fingerprint density at radius 1 is 0.767 bits per heavy atom. The molecule has 2 fully saturated rings. The predicted molar refractivity (Wildman–Crippen MR) is 169 cm³/mol. The van der Waals surface area contributed by atoms with E-state index in [0.717, 1.165) is 62.9 Å². The van der Waals surface area contributed by atoms with Crippen molar-refractivity contribution in [2.45, 2.75) is 0 Å². The SMILES string of the molecule is COc1ccccc1NC(=O)Nc1ccc(N2CCN(c3ccccc3OC)CC2)c(C(=O)NCCN2CCOCC2)c1. The van der Waals surface area contributed by atoms with Crippen LogP contribution in [0.3, 0.4) is 0 Å². The zero-order chi connectivity index (χ0) is 30.0. The molecule has 3 aromatic rings. The number of ether oxygens (including phenoxy) is 3. The summed E-state index contributed by atoms with van der Waals surface area (Å²) in [4.78, 5) is 33.3. The maximum absolute atomic E-state index is 13.6. The van der Waals surface area contributed by atoms with Gasteiger partial charge in [-0.25, -0.2) is 4.79 Å². The van der Waals surface area contributed by atoms with Crippen LogP contribution in [0.5, 0.6) is 11.5 Å². The molecule has 11 heteroatoms. The predicted octanol–water partition coefficient (Wildman–Crippen LogP) is 3.74. The van der Waals surface area contributed by atoms with Crippen molar-refractivity contribution >= 4 is 34.7 Å². The minimum Gasteiger partial charge on any atom is -0.495 e. The summed E-state index contributed by atoms with van der Waals surface area (Å²) in [5, 5.41) is 8.78. The van der Waals surface area contributed by atoms with Gasteiger partial charge in [0, 0.05) is 63.7 Å². The van der Waals surface area contributed by atoms with Crippen molar-refractivity contribution in [2.75, 3.05) is 100 Å². The van der Waals surface area contributed by atoms with E-state index in [-0.39, 0.29) is 5.91 Å². The van der Waals surface area contributed by atoms with Gasteiger partial charge in [-0.05, 0) is 42.5 Å². The maximum atomic E-state index is 13.6. The number of hydrogen-bond donors (Lipinski definition) is 3. The lowest BCUT2D eigenvalue weighted by atomic mass is 10.1. The van der Waals surface area contributed by atoms with Gasteiger partial charge >= 0.3 is 6.03 Å². The van der Waals surface area contributed by atoms with E-state index in [9.17, 15) is 9.59 Å². The van der Waals surface area contributed by atoms with Crippen molar-refractivity contribution in [1.29, 1.82) is 0 Å². The molecule has 0 bridgehead atoms. The van der Waals surface area contributed by atoms with Gasteiger partial charge < -0.3 is 40.0 Å². The van der Waals surface area contributed by atoms with E-state index in [2.05, 4.69) is 36.7 Å². The molecule has 0 unspecified atom stereocenters. The zero-order valence-corrected chi connectivity index (χ0v) is 24.8. The fourth-order valence-electron chi connectivity index (χ4n) is 5.43. The fraction of sp³-hybridized carbons (Fsp3) is 0.375. The average molecular weight is 589 g/mol. The molecule has 3 amide bonds. The number of amides is 3. The molecule has 2 saturated heterocycles. The van der Waals surface area contributed by atoms with Crippen LogP contribution in [0.1, 0.15) is 10.4 Å². The molecule has 0 spiro atoms. The largest absolute Gasteiger partial charge is 0.495 e. The van der Waals surface area contributed by atoms with Crippen LogP contribution < -0.4 is 35.2 Å². The van der Waals surface area contributed by atoms with Crippen LogP contribution in [0.15, 0.2) is 66.7 Å². The molecular formula is C32H40N6O5. The lowest BCUT2D eigenvalue weighted by Crippen LogP contribution is -2.47. The standard InChI is InChI=1S/C32H40N6O5/c1-41-29-9-5-3-7-26(29)35-32(40)34-24-11-12-27(25(23-24)31(39)33-13-14-36-19-21-43-22-20-36)37-15-17-38(18-16-37)28-8-4-6-10-30(28)42-2/h3-12,23H,13-22H2,1-2H3,(H,33,39)(H2,34,35,40). The monoisotopic (exact) mass is 588 g/mol. The first-order chi connectivity index (χ1) is 21.1. The number of anilines is 4. The molecule has 43 heavy (non-hydrogen) atoms. The molecule has 5 rings (SSSR count). The van der Waals surface area contributed by atoms with Gasteiger partial charge in [0.05, 0.1) is 44.4 Å². The Kier molecular flexibility index (Phi) is 10.2. The highest BCUT2D eigenvalue weighted by Crippen LogP contribution is 2.31. The molecule has 0 atom stereocenters. The molecule has 2 heterocycles. The second-order valence-corrected chi connectivity index (χ2v) is 10.4. The molecule has 2 aliphatic rings. The molecule has 3 aromatic carbocycles. The molecule has 228 valence electrons. The third kappa shape index (κ3) is 7.68. The van der Waals surface area contributed by atoms with E-state index in [1.54, 1.807) is 32.4 Å². The van der Waals surface area contributed by atoms with Crippen LogP contribution >= 0.6 is 0 Å². The number of nitrogens with one attached hydrogen (secondary N) is 3. The molecule has 0 radical (unpaired) electrons. The van der Waals surface area contributed by atoms with Crippen LogP contribution in [-0.2, 0) is 4.74 Å². The van der Waals surface area contributed by atoms with E-state index in [1.165, 1.54) is 0 Å². The minimum absolute atomic E-state index is 0.177. The van der Waals surface area contributed by atoms with E-state index in [4.69, 9.17) is 14.2 Å². The summed E-state index contributed by atoms with van der Waals surface area (Å²) in [5.41, 5.74) is 3.48. The number of carbonyl (C=O) groups excluding carboxylic acids is 2.